The average molecular weight is 368 g/mol. The summed E-state index contributed by atoms with van der Waals surface area (Å²) in [6.45, 7) is 3.01. The lowest BCUT2D eigenvalue weighted by Gasteiger charge is -2.27. The highest BCUT2D eigenvalue weighted by molar-refractivity contribution is 6.23. The summed E-state index contributed by atoms with van der Waals surface area (Å²) in [4.78, 5) is 49.9. The summed E-state index contributed by atoms with van der Waals surface area (Å²) in [6, 6.07) is 4.20. The standard InChI is InChI=1S/C19H20N4O4/c24-16-4-3-15(17(25)22-16)23-18(26)10-2-1-9(5-11(10)19(23)27)21-8-14-12-6-20-7-13(12)14/h1-2,5,12-15,20-21H,3-4,6-8H2,(H,22,24,25)/t12-,13+,14?,15?. The van der Waals surface area contributed by atoms with Crippen LogP contribution in [0.15, 0.2) is 18.2 Å². The summed E-state index contributed by atoms with van der Waals surface area (Å²) in [7, 11) is 0. The zero-order chi connectivity index (χ0) is 18.7. The molecule has 3 heterocycles. The summed E-state index contributed by atoms with van der Waals surface area (Å²) >= 11 is 0. The van der Waals surface area contributed by atoms with Crippen LogP contribution in [-0.2, 0) is 9.59 Å². The van der Waals surface area contributed by atoms with Gasteiger partial charge >= 0.3 is 0 Å². The molecular weight excluding hydrogens is 348 g/mol. The molecule has 2 unspecified atom stereocenters. The Balaban J connectivity index is 1.32. The average Bonchev–Trinajstić information content (AvgIpc) is 2.97. The van der Waals surface area contributed by atoms with Gasteiger partial charge in [-0.3, -0.25) is 29.4 Å². The molecule has 0 radical (unpaired) electrons. The maximum Gasteiger partial charge on any atom is 0.262 e. The maximum absolute atomic E-state index is 12.8. The Labute approximate surface area is 155 Å². The van der Waals surface area contributed by atoms with E-state index in [1.807, 2.05) is 0 Å². The van der Waals surface area contributed by atoms with E-state index in [-0.39, 0.29) is 18.7 Å². The van der Waals surface area contributed by atoms with E-state index < -0.39 is 23.8 Å². The smallest absolute Gasteiger partial charge is 0.262 e. The van der Waals surface area contributed by atoms with E-state index in [0.717, 1.165) is 42.1 Å². The molecule has 3 fully saturated rings. The van der Waals surface area contributed by atoms with Crippen molar-refractivity contribution in [1.82, 2.24) is 15.5 Å². The Hall–Kier alpha value is -2.74. The minimum Gasteiger partial charge on any atom is -0.385 e. The molecule has 140 valence electrons. The first-order valence-corrected chi connectivity index (χ1v) is 9.35. The molecule has 0 aromatic heterocycles. The molecule has 0 bridgehead atoms. The number of imide groups is 2. The van der Waals surface area contributed by atoms with E-state index >= 15 is 0 Å². The first-order chi connectivity index (χ1) is 13.0. The molecule has 1 aliphatic carbocycles. The molecule has 0 spiro atoms. The van der Waals surface area contributed by atoms with Gasteiger partial charge in [-0.05, 0) is 55.5 Å². The molecule has 27 heavy (non-hydrogen) atoms. The van der Waals surface area contributed by atoms with Gasteiger partial charge in [-0.25, -0.2) is 0 Å². The van der Waals surface area contributed by atoms with Crippen LogP contribution in [0.1, 0.15) is 33.6 Å². The molecule has 1 saturated carbocycles. The second kappa shape index (κ2) is 5.88. The van der Waals surface area contributed by atoms with E-state index in [4.69, 9.17) is 0 Å². The quantitative estimate of drug-likeness (QED) is 0.644. The Kier molecular flexibility index (Phi) is 3.58. The highest BCUT2D eigenvalue weighted by atomic mass is 16.2. The minimum absolute atomic E-state index is 0.120. The predicted octanol–water partition coefficient (Wildman–Crippen LogP) is -0.0349. The predicted molar refractivity (Wildman–Crippen MR) is 94.9 cm³/mol. The van der Waals surface area contributed by atoms with Crippen LogP contribution in [0.25, 0.3) is 0 Å². The largest absolute Gasteiger partial charge is 0.385 e. The number of nitrogens with one attached hydrogen (secondary N) is 3. The molecule has 1 aromatic carbocycles. The monoisotopic (exact) mass is 368 g/mol. The number of fused-ring (bicyclic) bond motifs is 2. The van der Waals surface area contributed by atoms with Gasteiger partial charge in [0.05, 0.1) is 11.1 Å². The van der Waals surface area contributed by atoms with Crippen molar-refractivity contribution < 1.29 is 19.2 Å². The van der Waals surface area contributed by atoms with E-state index in [9.17, 15) is 19.2 Å². The number of piperidine rings is 2. The molecule has 1 aromatic rings. The van der Waals surface area contributed by atoms with E-state index in [2.05, 4.69) is 16.0 Å². The van der Waals surface area contributed by atoms with Crippen LogP contribution in [0, 0.1) is 17.8 Å². The lowest BCUT2D eigenvalue weighted by atomic mass is 10.0. The summed E-state index contributed by atoms with van der Waals surface area (Å²) in [6.07, 6.45) is 0.287. The lowest BCUT2D eigenvalue weighted by molar-refractivity contribution is -0.136. The third-order valence-electron chi connectivity index (χ3n) is 6.25. The third kappa shape index (κ3) is 2.55. The Morgan fingerprint density at radius 1 is 1.04 bits per heavy atom. The van der Waals surface area contributed by atoms with Crippen molar-refractivity contribution in [2.75, 3.05) is 25.0 Å². The van der Waals surface area contributed by atoms with Gasteiger partial charge in [-0.1, -0.05) is 0 Å². The van der Waals surface area contributed by atoms with Crippen LogP contribution in [-0.4, -0.2) is 54.2 Å². The number of amides is 4. The zero-order valence-electron chi connectivity index (χ0n) is 14.7. The summed E-state index contributed by atoms with van der Waals surface area (Å²) in [5, 5.41) is 8.95. The second-order valence-corrected chi connectivity index (χ2v) is 7.74. The van der Waals surface area contributed by atoms with E-state index in [1.54, 1.807) is 18.2 Å². The van der Waals surface area contributed by atoms with Crippen molar-refractivity contribution in [2.45, 2.75) is 18.9 Å². The van der Waals surface area contributed by atoms with Crippen LogP contribution in [0.3, 0.4) is 0 Å². The highest BCUT2D eigenvalue weighted by Crippen LogP contribution is 2.48. The third-order valence-corrected chi connectivity index (χ3v) is 6.25. The van der Waals surface area contributed by atoms with Gasteiger partial charge < -0.3 is 10.6 Å². The Morgan fingerprint density at radius 2 is 1.78 bits per heavy atom. The van der Waals surface area contributed by atoms with Crippen LogP contribution >= 0.6 is 0 Å². The first kappa shape index (κ1) is 16.4. The van der Waals surface area contributed by atoms with Crippen LogP contribution in [0.5, 0.6) is 0 Å². The molecule has 4 aliphatic rings. The molecule has 5 rings (SSSR count). The molecule has 2 saturated heterocycles. The van der Waals surface area contributed by atoms with Gasteiger partial charge in [0.15, 0.2) is 0 Å². The van der Waals surface area contributed by atoms with Gasteiger partial charge in [-0.2, -0.15) is 0 Å². The molecule has 8 nitrogen and oxygen atoms in total. The summed E-state index contributed by atoms with van der Waals surface area (Å²) in [5.74, 6) is 0.250. The lowest BCUT2D eigenvalue weighted by Crippen LogP contribution is -2.54. The highest BCUT2D eigenvalue weighted by Gasteiger charge is 2.52. The van der Waals surface area contributed by atoms with Gasteiger partial charge in [0.1, 0.15) is 6.04 Å². The number of rotatable bonds is 4. The van der Waals surface area contributed by atoms with Crippen molar-refractivity contribution in [2.24, 2.45) is 17.8 Å². The Bertz CT molecular complexity index is 872. The fraction of sp³-hybridized carbons (Fsp3) is 0.474. The number of anilines is 1. The number of carbonyl (C=O) groups excluding carboxylic acids is 4. The molecule has 4 atom stereocenters. The fourth-order valence-corrected chi connectivity index (χ4v) is 4.67. The second-order valence-electron chi connectivity index (χ2n) is 7.74. The minimum atomic E-state index is -0.926. The van der Waals surface area contributed by atoms with Crippen LogP contribution in [0.4, 0.5) is 5.69 Å². The SMILES string of the molecule is O=C1CCC(N2C(=O)c3ccc(NCC4[C@H]5CNC[C@@H]45)cc3C2=O)C(=O)N1. The Morgan fingerprint density at radius 3 is 2.52 bits per heavy atom. The first-order valence-electron chi connectivity index (χ1n) is 9.35. The maximum atomic E-state index is 12.8. The molecular formula is C19H20N4O4. The number of hydrogen-bond donors (Lipinski definition) is 3. The van der Waals surface area contributed by atoms with Gasteiger partial charge in [-0.15, -0.1) is 0 Å². The fourth-order valence-electron chi connectivity index (χ4n) is 4.67. The van der Waals surface area contributed by atoms with Crippen molar-refractivity contribution >= 4 is 29.3 Å². The van der Waals surface area contributed by atoms with Crippen molar-refractivity contribution in [3.05, 3.63) is 29.3 Å². The van der Waals surface area contributed by atoms with E-state index in [0.29, 0.717) is 17.0 Å². The topological polar surface area (TPSA) is 108 Å². The number of nitrogens with zero attached hydrogens (tertiary/aromatic N) is 1. The molecule has 3 N–H and O–H groups in total. The number of carbonyl (C=O) groups is 4. The van der Waals surface area contributed by atoms with Gasteiger partial charge in [0, 0.05) is 18.7 Å². The molecule has 8 heteroatoms. The van der Waals surface area contributed by atoms with Crippen molar-refractivity contribution in [1.29, 1.82) is 0 Å². The van der Waals surface area contributed by atoms with Crippen LogP contribution in [0.2, 0.25) is 0 Å². The van der Waals surface area contributed by atoms with Gasteiger partial charge in [0.2, 0.25) is 11.8 Å². The van der Waals surface area contributed by atoms with Crippen molar-refractivity contribution in [3.8, 4) is 0 Å². The number of hydrogen-bond acceptors (Lipinski definition) is 6. The van der Waals surface area contributed by atoms with Crippen molar-refractivity contribution in [3.63, 3.8) is 0 Å². The molecule has 4 amide bonds. The van der Waals surface area contributed by atoms with E-state index in [1.165, 1.54) is 0 Å². The number of benzene rings is 1. The van der Waals surface area contributed by atoms with Gasteiger partial charge in [0.25, 0.3) is 11.8 Å². The molecule has 3 aliphatic heterocycles. The zero-order valence-corrected chi connectivity index (χ0v) is 14.7. The normalized spacial score (nSPS) is 31.6. The summed E-state index contributed by atoms with van der Waals surface area (Å²) in [5.41, 5.74) is 1.42. The summed E-state index contributed by atoms with van der Waals surface area (Å²) < 4.78 is 0. The van der Waals surface area contributed by atoms with Crippen LogP contribution < -0.4 is 16.0 Å².